The molecule has 1 saturated heterocycles. The molecular formula is C13H16O3S. The molecule has 0 bridgehead atoms. The van der Waals surface area contributed by atoms with Crippen LogP contribution in [0.5, 0.6) is 0 Å². The molecule has 1 heterocycles. The summed E-state index contributed by atoms with van der Waals surface area (Å²) in [5.74, 6) is -0.141. The average Bonchev–Trinajstić information content (AvgIpc) is 3.08. The molecule has 0 amide bonds. The van der Waals surface area contributed by atoms with Gasteiger partial charge in [0.05, 0.1) is 13.2 Å². The fourth-order valence-electron chi connectivity index (χ4n) is 1.62. The Hall–Kier alpha value is -1.00. The summed E-state index contributed by atoms with van der Waals surface area (Å²) in [6.07, 6.45) is 2.55. The van der Waals surface area contributed by atoms with Crippen molar-refractivity contribution in [3.8, 4) is 0 Å². The number of carbonyl (C=O) groups is 1. The molecular weight excluding hydrogens is 236 g/mol. The number of epoxide rings is 1. The molecule has 92 valence electrons. The minimum Gasteiger partial charge on any atom is -0.469 e. The molecule has 0 unspecified atom stereocenters. The highest BCUT2D eigenvalue weighted by atomic mass is 32.2. The van der Waals surface area contributed by atoms with Gasteiger partial charge in [-0.05, 0) is 25.0 Å². The van der Waals surface area contributed by atoms with E-state index >= 15 is 0 Å². The molecule has 1 aliphatic rings. The van der Waals surface area contributed by atoms with Crippen LogP contribution in [0.3, 0.4) is 0 Å². The van der Waals surface area contributed by atoms with Crippen LogP contribution in [0, 0.1) is 0 Å². The van der Waals surface area contributed by atoms with Crippen LogP contribution in [-0.2, 0) is 14.3 Å². The fraction of sp³-hybridized carbons (Fsp3) is 0.462. The smallest absolute Gasteiger partial charge is 0.305 e. The van der Waals surface area contributed by atoms with Gasteiger partial charge in [-0.15, -0.1) is 0 Å². The zero-order valence-electron chi connectivity index (χ0n) is 9.80. The number of hydrogen-bond acceptors (Lipinski definition) is 4. The third kappa shape index (κ3) is 4.06. The monoisotopic (exact) mass is 252 g/mol. The van der Waals surface area contributed by atoms with Crippen LogP contribution in [-0.4, -0.2) is 24.6 Å². The third-order valence-corrected chi connectivity index (χ3v) is 3.82. The molecule has 1 aromatic rings. The van der Waals surface area contributed by atoms with Crippen LogP contribution in [0.2, 0.25) is 0 Å². The molecule has 0 aromatic heterocycles. The van der Waals surface area contributed by atoms with E-state index in [-0.39, 0.29) is 11.4 Å². The lowest BCUT2D eigenvalue weighted by Crippen LogP contribution is -2.01. The van der Waals surface area contributed by atoms with Gasteiger partial charge < -0.3 is 9.47 Å². The maximum Gasteiger partial charge on any atom is 0.305 e. The van der Waals surface area contributed by atoms with Gasteiger partial charge in [-0.2, -0.15) is 0 Å². The van der Waals surface area contributed by atoms with Gasteiger partial charge in [0.2, 0.25) is 0 Å². The van der Waals surface area contributed by atoms with E-state index in [1.807, 2.05) is 18.2 Å². The summed E-state index contributed by atoms with van der Waals surface area (Å²) in [6.45, 7) is 0. The summed E-state index contributed by atoms with van der Waals surface area (Å²) in [5, 5.41) is 0. The SMILES string of the molecule is COC(=O)CCC[C@H]1O[C@H]1Sc1ccccc1. The number of ether oxygens (including phenoxy) is 2. The van der Waals surface area contributed by atoms with Crippen LogP contribution >= 0.6 is 11.8 Å². The zero-order valence-corrected chi connectivity index (χ0v) is 10.6. The van der Waals surface area contributed by atoms with Crippen LogP contribution in [0.1, 0.15) is 19.3 Å². The first-order valence-electron chi connectivity index (χ1n) is 5.73. The summed E-state index contributed by atoms with van der Waals surface area (Å²) < 4.78 is 10.1. The summed E-state index contributed by atoms with van der Waals surface area (Å²) in [4.78, 5) is 12.1. The molecule has 3 nitrogen and oxygen atoms in total. The van der Waals surface area contributed by atoms with Gasteiger partial charge in [0.1, 0.15) is 5.44 Å². The van der Waals surface area contributed by atoms with Gasteiger partial charge in [0.25, 0.3) is 0 Å². The summed E-state index contributed by atoms with van der Waals surface area (Å²) in [5.41, 5.74) is 0.259. The van der Waals surface area contributed by atoms with Crippen molar-refractivity contribution >= 4 is 17.7 Å². The van der Waals surface area contributed by atoms with E-state index in [1.54, 1.807) is 11.8 Å². The standard InChI is InChI=1S/C13H16O3S/c1-15-12(14)9-5-8-11-13(16-11)17-10-6-3-2-4-7-10/h2-4,6-7,11,13H,5,8-9H2,1H3/t11-,13+/m1/s1. The molecule has 1 aromatic carbocycles. The van der Waals surface area contributed by atoms with Crippen molar-refractivity contribution in [3.63, 3.8) is 0 Å². The van der Waals surface area contributed by atoms with Crippen molar-refractivity contribution in [3.05, 3.63) is 30.3 Å². The molecule has 1 aliphatic heterocycles. The summed E-state index contributed by atoms with van der Waals surface area (Å²) >= 11 is 1.74. The van der Waals surface area contributed by atoms with Crippen LogP contribution in [0.15, 0.2) is 35.2 Å². The van der Waals surface area contributed by atoms with E-state index in [0.717, 1.165) is 12.8 Å². The van der Waals surface area contributed by atoms with Crippen molar-refractivity contribution in [2.75, 3.05) is 7.11 Å². The van der Waals surface area contributed by atoms with Crippen molar-refractivity contribution in [2.24, 2.45) is 0 Å². The summed E-state index contributed by atoms with van der Waals surface area (Å²) in [7, 11) is 1.42. The lowest BCUT2D eigenvalue weighted by molar-refractivity contribution is -0.140. The Bertz CT molecular complexity index is 366. The molecule has 0 aliphatic carbocycles. The number of hydrogen-bond donors (Lipinski definition) is 0. The van der Waals surface area contributed by atoms with E-state index in [0.29, 0.717) is 12.5 Å². The topological polar surface area (TPSA) is 38.8 Å². The molecule has 0 spiro atoms. The van der Waals surface area contributed by atoms with E-state index in [1.165, 1.54) is 12.0 Å². The quantitative estimate of drug-likeness (QED) is 0.576. The highest BCUT2D eigenvalue weighted by Crippen LogP contribution is 2.40. The Morgan fingerprint density at radius 1 is 1.41 bits per heavy atom. The second kappa shape index (κ2) is 6.07. The number of benzene rings is 1. The second-order valence-corrected chi connectivity index (χ2v) is 5.11. The number of carbonyl (C=O) groups excluding carboxylic acids is 1. The van der Waals surface area contributed by atoms with Gasteiger partial charge in [0.15, 0.2) is 0 Å². The van der Waals surface area contributed by atoms with E-state index in [2.05, 4.69) is 16.9 Å². The predicted molar refractivity (Wildman–Crippen MR) is 66.8 cm³/mol. The Labute approximate surface area is 105 Å². The fourth-order valence-corrected chi connectivity index (χ4v) is 2.69. The lowest BCUT2D eigenvalue weighted by atomic mass is 10.2. The number of esters is 1. The minimum atomic E-state index is -0.141. The molecule has 2 atom stereocenters. The normalized spacial score (nSPS) is 22.2. The molecule has 1 fully saturated rings. The molecule has 2 rings (SSSR count). The van der Waals surface area contributed by atoms with Crippen LogP contribution in [0.4, 0.5) is 0 Å². The Morgan fingerprint density at radius 3 is 2.88 bits per heavy atom. The van der Waals surface area contributed by atoms with Gasteiger partial charge in [-0.1, -0.05) is 30.0 Å². The van der Waals surface area contributed by atoms with E-state index < -0.39 is 0 Å². The van der Waals surface area contributed by atoms with Crippen LogP contribution < -0.4 is 0 Å². The summed E-state index contributed by atoms with van der Waals surface area (Å²) in [6, 6.07) is 10.2. The average molecular weight is 252 g/mol. The van der Waals surface area contributed by atoms with E-state index in [9.17, 15) is 4.79 Å². The van der Waals surface area contributed by atoms with E-state index in [4.69, 9.17) is 4.74 Å². The van der Waals surface area contributed by atoms with Crippen molar-refractivity contribution < 1.29 is 14.3 Å². The Morgan fingerprint density at radius 2 is 2.18 bits per heavy atom. The van der Waals surface area contributed by atoms with Gasteiger partial charge in [-0.25, -0.2) is 0 Å². The van der Waals surface area contributed by atoms with Crippen LogP contribution in [0.25, 0.3) is 0 Å². The highest BCUT2D eigenvalue weighted by Gasteiger charge is 2.38. The maximum atomic E-state index is 10.9. The van der Waals surface area contributed by atoms with Gasteiger partial charge in [-0.3, -0.25) is 4.79 Å². The van der Waals surface area contributed by atoms with Crippen molar-refractivity contribution in [2.45, 2.75) is 35.7 Å². The largest absolute Gasteiger partial charge is 0.469 e. The third-order valence-electron chi connectivity index (χ3n) is 2.63. The molecule has 0 radical (unpaired) electrons. The first kappa shape index (κ1) is 12.5. The Kier molecular flexibility index (Phi) is 4.45. The van der Waals surface area contributed by atoms with Crippen molar-refractivity contribution in [1.82, 2.24) is 0 Å². The number of methoxy groups -OCH3 is 1. The van der Waals surface area contributed by atoms with Crippen molar-refractivity contribution in [1.29, 1.82) is 0 Å². The minimum absolute atomic E-state index is 0.141. The molecule has 0 saturated carbocycles. The van der Waals surface area contributed by atoms with Gasteiger partial charge >= 0.3 is 5.97 Å². The second-order valence-electron chi connectivity index (χ2n) is 3.94. The highest BCUT2D eigenvalue weighted by molar-refractivity contribution is 8.00. The number of rotatable bonds is 6. The van der Waals surface area contributed by atoms with Gasteiger partial charge in [0, 0.05) is 11.3 Å². The first-order chi connectivity index (χ1) is 8.29. The zero-order chi connectivity index (χ0) is 12.1. The Balaban J connectivity index is 1.63. The molecule has 0 N–H and O–H groups in total. The first-order valence-corrected chi connectivity index (χ1v) is 6.61. The number of thioether (sulfide) groups is 1. The molecule has 4 heteroatoms. The molecule has 17 heavy (non-hydrogen) atoms. The maximum absolute atomic E-state index is 10.9. The lowest BCUT2D eigenvalue weighted by Gasteiger charge is -1.98. The predicted octanol–water partition coefficient (Wildman–Crippen LogP) is 2.85.